The molecule has 0 aliphatic carbocycles. The van der Waals surface area contributed by atoms with E-state index in [1.165, 1.54) is 12.1 Å². The monoisotopic (exact) mass is 294 g/mol. The number of nitrogens with one attached hydrogen (secondary N) is 2. The van der Waals surface area contributed by atoms with E-state index in [4.69, 9.17) is 0 Å². The van der Waals surface area contributed by atoms with E-state index in [2.05, 4.69) is 33.4 Å². The van der Waals surface area contributed by atoms with Crippen molar-refractivity contribution < 1.29 is 4.79 Å². The molecule has 5 nitrogen and oxygen atoms in total. The number of H-pyrrole nitrogens is 1. The molecule has 1 saturated heterocycles. The Morgan fingerprint density at radius 3 is 3.09 bits per heavy atom. The maximum absolute atomic E-state index is 12.4. The molecule has 1 aromatic carbocycles. The largest absolute Gasteiger partial charge is 0.356 e. The number of amides is 1. The van der Waals surface area contributed by atoms with Crippen LogP contribution < -0.4 is 5.43 Å². The first-order valence-electron chi connectivity index (χ1n) is 7.87. The van der Waals surface area contributed by atoms with Crippen LogP contribution in [0.4, 0.5) is 0 Å². The fourth-order valence-corrected chi connectivity index (χ4v) is 4.43. The molecule has 0 bridgehead atoms. The number of carbonyl (C=O) groups is 1. The number of hydrazone groups is 1. The lowest BCUT2D eigenvalue weighted by Crippen LogP contribution is -2.47. The van der Waals surface area contributed by atoms with E-state index in [1.54, 1.807) is 0 Å². The zero-order valence-electron chi connectivity index (χ0n) is 12.8. The van der Waals surface area contributed by atoms with Crippen molar-refractivity contribution in [2.45, 2.75) is 32.2 Å². The van der Waals surface area contributed by atoms with Crippen LogP contribution in [0, 0.1) is 6.92 Å². The van der Waals surface area contributed by atoms with Gasteiger partial charge in [-0.05, 0) is 50.9 Å². The Bertz CT molecular complexity index is 878. The number of hydrogen-bond donors (Lipinski definition) is 2. The standard InChI is InChI=1S/C17H18N4O/c1-9-6-10-13-11(7-9)18-15-14(13)12(19-20-16(10)22)8-21-5-3-4-17(15,21)2/h6-7,18H,3-5,8H2,1-2H3,(H,20,22)/t17-/m1/s1. The molecule has 5 rings (SSSR count). The molecule has 0 spiro atoms. The number of aromatic nitrogens is 1. The Morgan fingerprint density at radius 1 is 1.36 bits per heavy atom. The predicted octanol–water partition coefficient (Wildman–Crippen LogP) is 2.25. The van der Waals surface area contributed by atoms with Gasteiger partial charge in [0.25, 0.3) is 5.91 Å². The molecule has 1 atom stereocenters. The van der Waals surface area contributed by atoms with Gasteiger partial charge < -0.3 is 4.98 Å². The minimum atomic E-state index is -0.109. The molecule has 0 saturated carbocycles. The van der Waals surface area contributed by atoms with Crippen LogP contribution in [0.1, 0.15) is 46.9 Å². The number of aryl methyl sites for hydroxylation is 1. The molecule has 0 radical (unpaired) electrons. The van der Waals surface area contributed by atoms with E-state index >= 15 is 0 Å². The highest BCUT2D eigenvalue weighted by molar-refractivity contribution is 6.21. The molecule has 2 aromatic rings. The second-order valence-corrected chi connectivity index (χ2v) is 6.91. The van der Waals surface area contributed by atoms with Crippen molar-refractivity contribution >= 4 is 22.5 Å². The Labute approximate surface area is 128 Å². The lowest BCUT2D eigenvalue weighted by atomic mass is 9.85. The van der Waals surface area contributed by atoms with E-state index in [0.717, 1.165) is 52.8 Å². The topological polar surface area (TPSA) is 60.5 Å². The Hall–Kier alpha value is -2.14. The van der Waals surface area contributed by atoms with Crippen LogP contribution in [-0.4, -0.2) is 34.6 Å². The molecule has 1 fully saturated rings. The summed E-state index contributed by atoms with van der Waals surface area (Å²) in [6.45, 7) is 6.23. The fraction of sp³-hybridized carbons (Fsp3) is 0.412. The second-order valence-electron chi connectivity index (χ2n) is 6.91. The van der Waals surface area contributed by atoms with Gasteiger partial charge in [0.15, 0.2) is 0 Å². The van der Waals surface area contributed by atoms with Crippen LogP contribution in [0.3, 0.4) is 0 Å². The van der Waals surface area contributed by atoms with Crippen molar-refractivity contribution in [3.8, 4) is 0 Å². The van der Waals surface area contributed by atoms with Crippen LogP contribution >= 0.6 is 0 Å². The zero-order valence-corrected chi connectivity index (χ0v) is 12.8. The molecule has 1 amide bonds. The minimum absolute atomic E-state index is 0.0337. The number of benzene rings is 1. The fourth-order valence-electron chi connectivity index (χ4n) is 4.43. The smallest absolute Gasteiger partial charge is 0.272 e. The van der Waals surface area contributed by atoms with Crippen molar-refractivity contribution in [1.82, 2.24) is 15.3 Å². The third-order valence-corrected chi connectivity index (χ3v) is 5.54. The molecule has 1 aromatic heterocycles. The van der Waals surface area contributed by atoms with Crippen molar-refractivity contribution in [3.05, 3.63) is 34.5 Å². The number of hydrogen-bond acceptors (Lipinski definition) is 3. The van der Waals surface area contributed by atoms with E-state index in [0.29, 0.717) is 0 Å². The first-order valence-corrected chi connectivity index (χ1v) is 7.87. The Morgan fingerprint density at radius 2 is 2.23 bits per heavy atom. The van der Waals surface area contributed by atoms with Gasteiger partial charge >= 0.3 is 0 Å². The average molecular weight is 294 g/mol. The van der Waals surface area contributed by atoms with Gasteiger partial charge in [-0.15, -0.1) is 0 Å². The molecule has 3 aliphatic heterocycles. The molecule has 2 N–H and O–H groups in total. The summed E-state index contributed by atoms with van der Waals surface area (Å²) in [6.07, 6.45) is 2.35. The van der Waals surface area contributed by atoms with Crippen molar-refractivity contribution in [2.24, 2.45) is 5.10 Å². The summed E-state index contributed by atoms with van der Waals surface area (Å²) in [5.74, 6) is -0.109. The predicted molar refractivity (Wildman–Crippen MR) is 85.2 cm³/mol. The molecule has 4 heterocycles. The summed E-state index contributed by atoms with van der Waals surface area (Å²) in [5.41, 5.74) is 9.01. The number of nitrogens with zero attached hydrogens (tertiary/aromatic N) is 2. The summed E-state index contributed by atoms with van der Waals surface area (Å²) in [4.78, 5) is 18.5. The van der Waals surface area contributed by atoms with E-state index < -0.39 is 0 Å². The second kappa shape index (κ2) is 3.79. The van der Waals surface area contributed by atoms with Crippen LogP contribution in [0.2, 0.25) is 0 Å². The Balaban J connectivity index is 1.95. The highest BCUT2D eigenvalue weighted by atomic mass is 16.2. The molecule has 3 aliphatic rings. The van der Waals surface area contributed by atoms with Gasteiger partial charge in [0.2, 0.25) is 0 Å². The van der Waals surface area contributed by atoms with E-state index in [9.17, 15) is 4.79 Å². The summed E-state index contributed by atoms with van der Waals surface area (Å²) in [7, 11) is 0. The van der Waals surface area contributed by atoms with Crippen LogP contribution in [0.5, 0.6) is 0 Å². The number of fused-ring (bicyclic) bond motifs is 2. The average Bonchev–Trinajstić information content (AvgIpc) is 3.00. The van der Waals surface area contributed by atoms with Crippen LogP contribution in [0.25, 0.3) is 10.9 Å². The summed E-state index contributed by atoms with van der Waals surface area (Å²) in [5, 5.41) is 5.47. The van der Waals surface area contributed by atoms with Gasteiger partial charge in [0, 0.05) is 28.7 Å². The first kappa shape index (κ1) is 12.4. The van der Waals surface area contributed by atoms with Crippen LogP contribution in [0.15, 0.2) is 17.2 Å². The summed E-state index contributed by atoms with van der Waals surface area (Å²) in [6, 6.07) is 4.10. The molecular weight excluding hydrogens is 276 g/mol. The lowest BCUT2D eigenvalue weighted by Gasteiger charge is -2.39. The van der Waals surface area contributed by atoms with Crippen molar-refractivity contribution in [2.75, 3.05) is 13.1 Å². The first-order chi connectivity index (χ1) is 10.6. The SMILES string of the molecule is Cc1cc2c3c4c([nH]c3c1)[C@@]1(C)CCCN1CC4=NNC2=O. The molecule has 22 heavy (non-hydrogen) atoms. The molecule has 112 valence electrons. The summed E-state index contributed by atoms with van der Waals surface area (Å²) >= 11 is 0. The van der Waals surface area contributed by atoms with Gasteiger partial charge in [0.05, 0.1) is 16.8 Å². The van der Waals surface area contributed by atoms with Crippen molar-refractivity contribution in [1.29, 1.82) is 0 Å². The quantitative estimate of drug-likeness (QED) is 0.783. The number of rotatable bonds is 0. The van der Waals surface area contributed by atoms with Crippen molar-refractivity contribution in [3.63, 3.8) is 0 Å². The van der Waals surface area contributed by atoms with Crippen LogP contribution in [-0.2, 0) is 5.54 Å². The highest BCUT2D eigenvalue weighted by Crippen LogP contribution is 2.46. The third-order valence-electron chi connectivity index (χ3n) is 5.54. The van der Waals surface area contributed by atoms with Gasteiger partial charge in [-0.3, -0.25) is 9.69 Å². The van der Waals surface area contributed by atoms with Gasteiger partial charge in [0.1, 0.15) is 0 Å². The summed E-state index contributed by atoms with van der Waals surface area (Å²) < 4.78 is 0. The Kier molecular flexibility index (Phi) is 2.14. The van der Waals surface area contributed by atoms with Gasteiger partial charge in [-0.25, -0.2) is 5.43 Å². The van der Waals surface area contributed by atoms with E-state index in [-0.39, 0.29) is 11.4 Å². The highest BCUT2D eigenvalue weighted by Gasteiger charge is 2.46. The lowest BCUT2D eigenvalue weighted by molar-refractivity contribution is 0.0956. The normalized spacial score (nSPS) is 26.6. The zero-order chi connectivity index (χ0) is 15.1. The van der Waals surface area contributed by atoms with Gasteiger partial charge in [-0.2, -0.15) is 5.10 Å². The third kappa shape index (κ3) is 1.33. The molecule has 0 unspecified atom stereocenters. The van der Waals surface area contributed by atoms with E-state index in [1.807, 2.05) is 13.0 Å². The molecular formula is C17H18N4O. The number of carbonyl (C=O) groups excluding carboxylic acids is 1. The maximum atomic E-state index is 12.4. The van der Waals surface area contributed by atoms with Gasteiger partial charge in [-0.1, -0.05) is 0 Å². The maximum Gasteiger partial charge on any atom is 0.272 e. The number of aromatic amines is 1. The minimum Gasteiger partial charge on any atom is -0.356 e. The molecule has 5 heteroatoms.